The summed E-state index contributed by atoms with van der Waals surface area (Å²) in [5.41, 5.74) is 2.87. The molecule has 3 aliphatic rings. The number of rotatable bonds is 4. The van der Waals surface area contributed by atoms with Crippen LogP contribution in [0.1, 0.15) is 41.2 Å². The Hall–Kier alpha value is -1.73. The Morgan fingerprint density at radius 2 is 1.88 bits per heavy atom. The second kappa shape index (κ2) is 8.74. The molecule has 1 aromatic heterocycles. The first-order valence-corrected chi connectivity index (χ1v) is 14.1. The van der Waals surface area contributed by atoms with E-state index in [0.29, 0.717) is 33.0 Å². The first-order chi connectivity index (χ1) is 16.4. The minimum Gasteiger partial charge on any atom is -0.325 e. The highest BCUT2D eigenvalue weighted by Gasteiger charge is 2.55. The Morgan fingerprint density at radius 1 is 1.12 bits per heavy atom. The van der Waals surface area contributed by atoms with Gasteiger partial charge in [0.05, 0.1) is 15.1 Å². The van der Waals surface area contributed by atoms with Crippen LogP contribution < -0.4 is 10.2 Å². The predicted octanol–water partition coefficient (Wildman–Crippen LogP) is 6.82. The van der Waals surface area contributed by atoms with E-state index in [1.54, 1.807) is 4.57 Å². The number of thiazole rings is 1. The number of fused-ring (bicyclic) bond motifs is 6. The summed E-state index contributed by atoms with van der Waals surface area (Å²) in [6.07, 6.45) is 3.72. The van der Waals surface area contributed by atoms with Crippen molar-refractivity contribution in [3.05, 3.63) is 78.2 Å². The molecular formula is C26H24Cl2N2O2S2. The number of hydrogen-bond acceptors (Lipinski definition) is 4. The normalized spacial score (nSPS) is 26.9. The number of amides is 1. The first-order valence-electron chi connectivity index (χ1n) is 11.6. The van der Waals surface area contributed by atoms with E-state index in [1.165, 1.54) is 30.6 Å². The SMILES string of the molecule is Cc1ccc(NC(=O)Cn2c3c(sc2=O)[C@@H](c2cccc(Cl)c2Cl)[C@@H]2[C@H]4CC[C@@H](C4)[C@H]2S3)cc1. The number of anilines is 1. The number of nitrogens with one attached hydrogen (secondary N) is 1. The van der Waals surface area contributed by atoms with E-state index in [2.05, 4.69) is 11.4 Å². The predicted molar refractivity (Wildman–Crippen MR) is 141 cm³/mol. The van der Waals surface area contributed by atoms with Crippen LogP contribution in [0.3, 0.4) is 0 Å². The van der Waals surface area contributed by atoms with Gasteiger partial charge in [0.15, 0.2) is 0 Å². The fourth-order valence-electron chi connectivity index (χ4n) is 6.18. The van der Waals surface area contributed by atoms with Crippen LogP contribution in [0.15, 0.2) is 52.3 Å². The zero-order chi connectivity index (χ0) is 23.6. The van der Waals surface area contributed by atoms with Crippen LogP contribution in [-0.2, 0) is 11.3 Å². The number of halogens is 2. The fourth-order valence-corrected chi connectivity index (χ4v) is 9.74. The van der Waals surface area contributed by atoms with Gasteiger partial charge in [-0.3, -0.25) is 14.2 Å². The Balaban J connectivity index is 1.39. The Labute approximate surface area is 216 Å². The molecule has 34 heavy (non-hydrogen) atoms. The molecule has 0 unspecified atom stereocenters. The van der Waals surface area contributed by atoms with Crippen LogP contribution in [0.2, 0.25) is 10.0 Å². The summed E-state index contributed by atoms with van der Waals surface area (Å²) in [5, 5.41) is 5.43. The number of thioether (sulfide) groups is 1. The summed E-state index contributed by atoms with van der Waals surface area (Å²) in [5.74, 6) is 1.59. The summed E-state index contributed by atoms with van der Waals surface area (Å²) < 4.78 is 1.67. The molecule has 0 radical (unpaired) electrons. The van der Waals surface area contributed by atoms with E-state index < -0.39 is 0 Å². The summed E-state index contributed by atoms with van der Waals surface area (Å²) in [7, 11) is 0. The zero-order valence-electron chi connectivity index (χ0n) is 18.6. The van der Waals surface area contributed by atoms with Crippen LogP contribution in [0, 0.1) is 24.7 Å². The lowest BCUT2D eigenvalue weighted by molar-refractivity contribution is -0.116. The Kier molecular flexibility index (Phi) is 5.84. The number of hydrogen-bond donors (Lipinski definition) is 1. The minimum absolute atomic E-state index is 0.00697. The lowest BCUT2D eigenvalue weighted by atomic mass is 9.75. The van der Waals surface area contributed by atoms with Gasteiger partial charge in [0, 0.05) is 21.7 Å². The quantitative estimate of drug-likeness (QED) is 0.402. The number of carbonyl (C=O) groups is 1. The van der Waals surface area contributed by atoms with Crippen molar-refractivity contribution in [2.75, 3.05) is 5.32 Å². The Bertz CT molecular complexity index is 1330. The van der Waals surface area contributed by atoms with Crippen LogP contribution in [0.5, 0.6) is 0 Å². The van der Waals surface area contributed by atoms with E-state index in [4.69, 9.17) is 23.2 Å². The highest BCUT2D eigenvalue weighted by molar-refractivity contribution is 8.00. The molecule has 2 aliphatic carbocycles. The molecule has 6 rings (SSSR count). The second-order valence-electron chi connectivity index (χ2n) is 9.65. The molecular weight excluding hydrogens is 507 g/mol. The molecule has 5 atom stereocenters. The number of benzene rings is 2. The summed E-state index contributed by atoms with van der Waals surface area (Å²) in [6.45, 7) is 2.01. The van der Waals surface area contributed by atoms with Crippen molar-refractivity contribution in [3.63, 3.8) is 0 Å². The molecule has 2 bridgehead atoms. The maximum atomic E-state index is 13.2. The van der Waals surface area contributed by atoms with Crippen molar-refractivity contribution in [2.45, 2.75) is 48.9 Å². The summed E-state index contributed by atoms with van der Waals surface area (Å²) >= 11 is 16.2. The average Bonchev–Trinajstić information content (AvgIpc) is 3.51. The van der Waals surface area contributed by atoms with Crippen molar-refractivity contribution < 1.29 is 4.79 Å². The third-order valence-electron chi connectivity index (χ3n) is 7.64. The highest BCUT2D eigenvalue weighted by Crippen LogP contribution is 2.64. The van der Waals surface area contributed by atoms with E-state index in [1.807, 2.05) is 55.1 Å². The van der Waals surface area contributed by atoms with Gasteiger partial charge >= 0.3 is 4.87 Å². The summed E-state index contributed by atoms with van der Waals surface area (Å²) in [4.78, 5) is 27.0. The van der Waals surface area contributed by atoms with Crippen molar-refractivity contribution in [1.29, 1.82) is 0 Å². The molecule has 2 saturated carbocycles. The molecule has 1 aliphatic heterocycles. The van der Waals surface area contributed by atoms with Gasteiger partial charge in [-0.2, -0.15) is 0 Å². The van der Waals surface area contributed by atoms with Crippen LogP contribution in [0.4, 0.5) is 5.69 Å². The van der Waals surface area contributed by atoms with Gasteiger partial charge in [-0.05, 0) is 67.7 Å². The van der Waals surface area contributed by atoms with Crippen molar-refractivity contribution in [3.8, 4) is 0 Å². The smallest absolute Gasteiger partial charge is 0.308 e. The molecule has 2 aromatic carbocycles. The molecule has 3 aromatic rings. The lowest BCUT2D eigenvalue weighted by Gasteiger charge is -2.40. The molecule has 176 valence electrons. The van der Waals surface area contributed by atoms with Crippen LogP contribution in [-0.4, -0.2) is 15.7 Å². The van der Waals surface area contributed by atoms with E-state index in [-0.39, 0.29) is 23.2 Å². The molecule has 2 heterocycles. The third-order valence-corrected chi connectivity index (χ3v) is 11.3. The molecule has 1 amide bonds. The molecule has 0 saturated heterocycles. The maximum Gasteiger partial charge on any atom is 0.308 e. The minimum atomic E-state index is -0.195. The molecule has 4 nitrogen and oxygen atoms in total. The number of carbonyl (C=O) groups excluding carboxylic acids is 1. The van der Waals surface area contributed by atoms with Crippen molar-refractivity contribution in [1.82, 2.24) is 4.57 Å². The van der Waals surface area contributed by atoms with Gasteiger partial charge in [0.25, 0.3) is 0 Å². The van der Waals surface area contributed by atoms with Crippen LogP contribution >= 0.6 is 46.3 Å². The fraction of sp³-hybridized carbons (Fsp3) is 0.385. The van der Waals surface area contributed by atoms with Gasteiger partial charge in [0.2, 0.25) is 5.91 Å². The molecule has 8 heteroatoms. The molecule has 0 spiro atoms. The average molecular weight is 532 g/mol. The Morgan fingerprint density at radius 3 is 2.68 bits per heavy atom. The second-order valence-corrected chi connectivity index (χ2v) is 12.6. The van der Waals surface area contributed by atoms with Gasteiger partial charge < -0.3 is 5.32 Å². The maximum absolute atomic E-state index is 13.2. The van der Waals surface area contributed by atoms with Crippen LogP contribution in [0.25, 0.3) is 0 Å². The topological polar surface area (TPSA) is 51.1 Å². The highest BCUT2D eigenvalue weighted by atomic mass is 35.5. The van der Waals surface area contributed by atoms with Crippen molar-refractivity contribution in [2.24, 2.45) is 17.8 Å². The zero-order valence-corrected chi connectivity index (χ0v) is 21.7. The summed E-state index contributed by atoms with van der Waals surface area (Å²) in [6, 6.07) is 13.5. The van der Waals surface area contributed by atoms with Gasteiger partial charge in [-0.15, -0.1) is 11.8 Å². The van der Waals surface area contributed by atoms with Gasteiger partial charge in [-0.25, -0.2) is 0 Å². The van der Waals surface area contributed by atoms with E-state index in [0.717, 1.165) is 26.7 Å². The lowest BCUT2D eigenvalue weighted by Crippen LogP contribution is -2.35. The van der Waals surface area contributed by atoms with Crippen molar-refractivity contribution >= 4 is 57.9 Å². The van der Waals surface area contributed by atoms with Gasteiger partial charge in [0.1, 0.15) is 6.54 Å². The van der Waals surface area contributed by atoms with E-state index in [9.17, 15) is 9.59 Å². The number of aromatic nitrogens is 1. The standard InChI is InChI=1S/C26H24Cl2N2O2S2/c1-13-5-9-16(10-6-13)29-19(31)12-30-25-24(34-26(30)32)21(17-3-2-4-18(27)22(17)28)20-14-7-8-15(11-14)23(20)33-25/h2-6,9-10,14-15,20-21,23H,7-8,11-12H2,1H3,(H,29,31)/t14-,15-,20-,21-,23+/m0/s1. The van der Waals surface area contributed by atoms with Gasteiger partial charge in [-0.1, -0.05) is 64.4 Å². The molecule has 2 fully saturated rings. The first kappa shape index (κ1) is 22.7. The monoisotopic (exact) mass is 530 g/mol. The third kappa shape index (κ3) is 3.74. The number of nitrogens with zero attached hydrogens (tertiary/aromatic N) is 1. The van der Waals surface area contributed by atoms with E-state index >= 15 is 0 Å². The largest absolute Gasteiger partial charge is 0.325 e. The number of aryl methyl sites for hydroxylation is 1. The molecule has 1 N–H and O–H groups in total.